The molecule has 0 aliphatic rings. The van der Waals surface area contributed by atoms with Crippen molar-refractivity contribution in [2.45, 2.75) is 19.4 Å². The smallest absolute Gasteiger partial charge is 0.261 e. The van der Waals surface area contributed by atoms with Gasteiger partial charge in [0, 0.05) is 13.0 Å². The van der Waals surface area contributed by atoms with Crippen molar-refractivity contribution >= 4 is 33.9 Å². The van der Waals surface area contributed by atoms with E-state index in [1.54, 1.807) is 6.07 Å². The largest absolute Gasteiger partial charge is 0.351 e. The van der Waals surface area contributed by atoms with Gasteiger partial charge >= 0.3 is 0 Å². The highest BCUT2D eigenvalue weighted by Gasteiger charge is 2.11. The van der Waals surface area contributed by atoms with Crippen molar-refractivity contribution < 1.29 is 9.59 Å². The Balaban J connectivity index is 1.50. The number of thiophene rings is 1. The van der Waals surface area contributed by atoms with Gasteiger partial charge in [-0.2, -0.15) is 0 Å². The van der Waals surface area contributed by atoms with E-state index in [1.165, 1.54) is 16.7 Å². The second-order valence-electron chi connectivity index (χ2n) is 5.88. The van der Waals surface area contributed by atoms with Gasteiger partial charge in [0.05, 0.1) is 10.9 Å². The number of hydrogen-bond donors (Lipinski definition) is 2. The minimum atomic E-state index is -0.134. The van der Waals surface area contributed by atoms with Crippen molar-refractivity contribution in [2.24, 2.45) is 0 Å². The van der Waals surface area contributed by atoms with Crippen molar-refractivity contribution in [1.29, 1.82) is 0 Å². The highest BCUT2D eigenvalue weighted by atomic mass is 32.1. The zero-order chi connectivity index (χ0) is 17.6. The van der Waals surface area contributed by atoms with E-state index in [2.05, 4.69) is 34.9 Å². The highest BCUT2D eigenvalue weighted by molar-refractivity contribution is 7.12. The van der Waals surface area contributed by atoms with Crippen molar-refractivity contribution in [2.75, 3.05) is 6.54 Å². The van der Waals surface area contributed by atoms with E-state index in [9.17, 15) is 9.59 Å². The molecule has 2 aromatic carbocycles. The third-order valence-electron chi connectivity index (χ3n) is 4.03. The first-order valence-corrected chi connectivity index (χ1v) is 9.11. The molecule has 0 aliphatic heterocycles. The number of rotatable bonds is 6. The molecule has 1 atom stereocenters. The second-order valence-corrected chi connectivity index (χ2v) is 6.83. The topological polar surface area (TPSA) is 58.2 Å². The summed E-state index contributed by atoms with van der Waals surface area (Å²) < 4.78 is 0. The summed E-state index contributed by atoms with van der Waals surface area (Å²) in [4.78, 5) is 24.6. The first kappa shape index (κ1) is 17.2. The third-order valence-corrected chi connectivity index (χ3v) is 4.90. The number of benzene rings is 2. The molecule has 3 aromatic rings. The second kappa shape index (κ2) is 7.94. The SMILES string of the molecule is CC(NC(=O)CCNC(=O)c1cccs1)c1ccc2ccccc2c1. The summed E-state index contributed by atoms with van der Waals surface area (Å²) in [6, 6.07) is 17.9. The standard InChI is InChI=1S/C20H20N2O2S/c1-14(16-9-8-15-5-2-3-6-17(15)13-16)22-19(23)10-11-21-20(24)18-7-4-12-25-18/h2-9,12-14H,10-11H2,1H3,(H,21,24)(H,22,23). The normalized spacial score (nSPS) is 11.9. The van der Waals surface area contributed by atoms with Crippen molar-refractivity contribution in [3.05, 3.63) is 70.4 Å². The van der Waals surface area contributed by atoms with Crippen molar-refractivity contribution in [1.82, 2.24) is 10.6 Å². The molecule has 0 fully saturated rings. The van der Waals surface area contributed by atoms with Crippen LogP contribution in [0.4, 0.5) is 0 Å². The number of fused-ring (bicyclic) bond motifs is 1. The van der Waals surface area contributed by atoms with Crippen molar-refractivity contribution in [3.63, 3.8) is 0 Å². The lowest BCUT2D eigenvalue weighted by atomic mass is 10.0. The first-order valence-electron chi connectivity index (χ1n) is 8.23. The molecule has 0 saturated carbocycles. The molecule has 0 aliphatic carbocycles. The van der Waals surface area contributed by atoms with Gasteiger partial charge in [0.1, 0.15) is 0 Å². The summed E-state index contributed by atoms with van der Waals surface area (Å²) in [5.41, 5.74) is 1.06. The fourth-order valence-corrected chi connectivity index (χ4v) is 3.30. The zero-order valence-corrected chi connectivity index (χ0v) is 14.8. The average Bonchev–Trinajstić information content (AvgIpc) is 3.16. The summed E-state index contributed by atoms with van der Waals surface area (Å²) >= 11 is 1.39. The lowest BCUT2D eigenvalue weighted by molar-refractivity contribution is -0.121. The minimum absolute atomic E-state index is 0.0767. The minimum Gasteiger partial charge on any atom is -0.351 e. The number of hydrogen-bond acceptors (Lipinski definition) is 3. The summed E-state index contributed by atoms with van der Waals surface area (Å²) in [5, 5.41) is 9.94. The monoisotopic (exact) mass is 352 g/mol. The molecule has 1 aromatic heterocycles. The lowest BCUT2D eigenvalue weighted by Crippen LogP contribution is -2.31. The van der Waals surface area contributed by atoms with Gasteiger partial charge in [-0.25, -0.2) is 0 Å². The van der Waals surface area contributed by atoms with Crippen molar-refractivity contribution in [3.8, 4) is 0 Å². The number of nitrogens with one attached hydrogen (secondary N) is 2. The van der Waals surface area contributed by atoms with Gasteiger partial charge in [0.2, 0.25) is 5.91 Å². The van der Waals surface area contributed by atoms with E-state index in [-0.39, 0.29) is 24.3 Å². The molecule has 0 saturated heterocycles. The van der Waals surface area contributed by atoms with Crippen LogP contribution in [0, 0.1) is 0 Å². The van der Waals surface area contributed by atoms with Gasteiger partial charge in [-0.05, 0) is 40.8 Å². The number of carbonyl (C=O) groups excluding carboxylic acids is 2. The van der Waals surface area contributed by atoms with E-state index in [0.29, 0.717) is 11.4 Å². The number of carbonyl (C=O) groups is 2. The lowest BCUT2D eigenvalue weighted by Gasteiger charge is -2.15. The zero-order valence-electron chi connectivity index (χ0n) is 14.0. The van der Waals surface area contributed by atoms with Gasteiger partial charge < -0.3 is 10.6 Å². The quantitative estimate of drug-likeness (QED) is 0.707. The van der Waals surface area contributed by atoms with Gasteiger partial charge in [-0.1, -0.05) is 42.5 Å². The molecular weight excluding hydrogens is 332 g/mol. The predicted octanol–water partition coefficient (Wildman–Crippen LogP) is 3.90. The molecule has 25 heavy (non-hydrogen) atoms. The Morgan fingerprint density at radius 3 is 2.60 bits per heavy atom. The average molecular weight is 352 g/mol. The summed E-state index contributed by atoms with van der Waals surface area (Å²) in [6.07, 6.45) is 0.259. The molecule has 0 bridgehead atoms. The van der Waals surface area contributed by atoms with Crippen LogP contribution in [0.15, 0.2) is 60.0 Å². The van der Waals surface area contributed by atoms with E-state index in [1.807, 2.05) is 36.6 Å². The Kier molecular flexibility index (Phi) is 5.46. The van der Waals surface area contributed by atoms with Crippen LogP contribution in [-0.4, -0.2) is 18.4 Å². The van der Waals surface area contributed by atoms with E-state index < -0.39 is 0 Å². The molecule has 3 rings (SSSR count). The Morgan fingerprint density at radius 1 is 1.04 bits per heavy atom. The Labute approximate surface area is 150 Å². The van der Waals surface area contributed by atoms with Crippen LogP contribution in [0.1, 0.15) is 34.6 Å². The maximum atomic E-state index is 12.1. The molecule has 0 spiro atoms. The van der Waals surface area contributed by atoms with Crippen LogP contribution in [0.25, 0.3) is 10.8 Å². The summed E-state index contributed by atoms with van der Waals surface area (Å²) in [5.74, 6) is -0.211. The van der Waals surface area contributed by atoms with Gasteiger partial charge in [0.15, 0.2) is 0 Å². The molecule has 0 radical (unpaired) electrons. The van der Waals surface area contributed by atoms with Crippen LogP contribution in [0.2, 0.25) is 0 Å². The van der Waals surface area contributed by atoms with Crippen LogP contribution in [0.5, 0.6) is 0 Å². The molecular formula is C20H20N2O2S. The Morgan fingerprint density at radius 2 is 1.84 bits per heavy atom. The molecule has 1 unspecified atom stereocenters. The third kappa shape index (κ3) is 4.45. The maximum absolute atomic E-state index is 12.1. The molecule has 2 amide bonds. The van der Waals surface area contributed by atoms with Crippen LogP contribution < -0.4 is 10.6 Å². The van der Waals surface area contributed by atoms with Gasteiger partial charge in [-0.3, -0.25) is 9.59 Å². The summed E-state index contributed by atoms with van der Waals surface area (Å²) in [6.45, 7) is 2.29. The van der Waals surface area contributed by atoms with Gasteiger partial charge in [-0.15, -0.1) is 11.3 Å². The predicted molar refractivity (Wildman–Crippen MR) is 102 cm³/mol. The highest BCUT2D eigenvalue weighted by Crippen LogP contribution is 2.20. The molecule has 5 heteroatoms. The number of amides is 2. The van der Waals surface area contributed by atoms with Crippen LogP contribution in [0.3, 0.4) is 0 Å². The van der Waals surface area contributed by atoms with Crippen LogP contribution >= 0.6 is 11.3 Å². The fraction of sp³-hybridized carbons (Fsp3) is 0.200. The Bertz CT molecular complexity index is 874. The fourth-order valence-electron chi connectivity index (χ4n) is 2.66. The summed E-state index contributed by atoms with van der Waals surface area (Å²) in [7, 11) is 0. The Hall–Kier alpha value is -2.66. The molecule has 4 nitrogen and oxygen atoms in total. The first-order chi connectivity index (χ1) is 12.1. The molecule has 1 heterocycles. The van der Waals surface area contributed by atoms with Gasteiger partial charge in [0.25, 0.3) is 5.91 Å². The molecule has 128 valence electrons. The molecule has 2 N–H and O–H groups in total. The van der Waals surface area contributed by atoms with Crippen LogP contribution in [-0.2, 0) is 4.79 Å². The maximum Gasteiger partial charge on any atom is 0.261 e. The van der Waals surface area contributed by atoms with E-state index in [0.717, 1.165) is 10.9 Å². The van der Waals surface area contributed by atoms with E-state index >= 15 is 0 Å². The van der Waals surface area contributed by atoms with E-state index in [4.69, 9.17) is 0 Å².